The smallest absolute Gasteiger partial charge is 0.220 e. The average Bonchev–Trinajstić information content (AvgIpc) is 2.99. The highest BCUT2D eigenvalue weighted by atomic mass is 16.3. The van der Waals surface area contributed by atoms with E-state index in [1.807, 2.05) is 6.07 Å². The molecule has 0 saturated heterocycles. The highest BCUT2D eigenvalue weighted by Crippen LogP contribution is 2.27. The Morgan fingerprint density at radius 2 is 2.20 bits per heavy atom. The quantitative estimate of drug-likeness (QED) is 0.806. The molecule has 4 heteroatoms. The van der Waals surface area contributed by atoms with Crippen LogP contribution >= 0.6 is 0 Å². The van der Waals surface area contributed by atoms with Crippen LogP contribution in [0, 0.1) is 5.92 Å². The lowest BCUT2D eigenvalue weighted by Gasteiger charge is -2.30. The summed E-state index contributed by atoms with van der Waals surface area (Å²) in [5.41, 5.74) is 1.05. The number of aryl methyl sites for hydroxylation is 1. The van der Waals surface area contributed by atoms with Crippen LogP contribution in [0.1, 0.15) is 50.5 Å². The number of carbonyl (C=O) groups is 1. The fourth-order valence-corrected chi connectivity index (χ4v) is 3.07. The zero-order valence-electron chi connectivity index (χ0n) is 12.0. The number of amides is 1. The van der Waals surface area contributed by atoms with Crippen molar-refractivity contribution >= 4 is 5.91 Å². The Morgan fingerprint density at radius 3 is 2.85 bits per heavy atom. The van der Waals surface area contributed by atoms with Crippen molar-refractivity contribution in [2.45, 2.75) is 57.4 Å². The molecule has 1 aromatic rings. The Bertz CT molecular complexity index is 382. The largest absolute Gasteiger partial charge is 0.472 e. The number of aliphatic hydroxyl groups is 1. The minimum Gasteiger partial charge on any atom is -0.472 e. The van der Waals surface area contributed by atoms with Gasteiger partial charge in [0, 0.05) is 19.1 Å². The monoisotopic (exact) mass is 279 g/mol. The van der Waals surface area contributed by atoms with Crippen LogP contribution in [-0.4, -0.2) is 23.7 Å². The van der Waals surface area contributed by atoms with Crippen molar-refractivity contribution in [1.29, 1.82) is 0 Å². The number of carbonyl (C=O) groups excluding carboxylic acids is 1. The second-order valence-corrected chi connectivity index (χ2v) is 5.72. The molecule has 112 valence electrons. The summed E-state index contributed by atoms with van der Waals surface area (Å²) in [5, 5.41) is 12.3. The van der Waals surface area contributed by atoms with E-state index in [1.165, 1.54) is 32.1 Å². The Balaban J connectivity index is 1.78. The first kappa shape index (κ1) is 15.1. The van der Waals surface area contributed by atoms with E-state index in [9.17, 15) is 9.90 Å². The number of aliphatic hydroxyl groups excluding tert-OH is 1. The van der Waals surface area contributed by atoms with Crippen LogP contribution in [-0.2, 0) is 11.2 Å². The molecule has 1 unspecified atom stereocenters. The van der Waals surface area contributed by atoms with E-state index in [-0.39, 0.29) is 18.6 Å². The first-order valence-corrected chi connectivity index (χ1v) is 7.71. The first-order chi connectivity index (χ1) is 9.79. The highest BCUT2D eigenvalue weighted by Gasteiger charge is 2.24. The molecule has 1 atom stereocenters. The molecule has 0 aliphatic heterocycles. The molecule has 2 N–H and O–H groups in total. The van der Waals surface area contributed by atoms with E-state index in [4.69, 9.17) is 4.42 Å². The average molecular weight is 279 g/mol. The molecule has 0 aromatic carbocycles. The summed E-state index contributed by atoms with van der Waals surface area (Å²) < 4.78 is 5.00. The van der Waals surface area contributed by atoms with Crippen LogP contribution in [0.5, 0.6) is 0 Å². The summed E-state index contributed by atoms with van der Waals surface area (Å²) in [6.45, 7) is 0.142. The van der Waals surface area contributed by atoms with Gasteiger partial charge in [0.15, 0.2) is 0 Å². The fourth-order valence-electron chi connectivity index (χ4n) is 3.07. The van der Waals surface area contributed by atoms with Gasteiger partial charge in [-0.1, -0.05) is 19.3 Å². The van der Waals surface area contributed by atoms with Crippen LogP contribution in [0.2, 0.25) is 0 Å². The van der Waals surface area contributed by atoms with E-state index in [0.29, 0.717) is 25.2 Å². The van der Waals surface area contributed by atoms with Crippen LogP contribution in [0.4, 0.5) is 0 Å². The zero-order chi connectivity index (χ0) is 14.2. The standard InChI is InChI=1S/C16H25NO3/c18-10-8-15(14-4-2-1-3-5-14)17-16(19)7-6-13-9-11-20-12-13/h9,11-12,14-15,18H,1-8,10H2,(H,17,19). The van der Waals surface area contributed by atoms with Gasteiger partial charge in [0.1, 0.15) is 0 Å². The summed E-state index contributed by atoms with van der Waals surface area (Å²) in [7, 11) is 0. The molecule has 20 heavy (non-hydrogen) atoms. The predicted octanol–water partition coefficient (Wildman–Crippen LogP) is 2.66. The third kappa shape index (κ3) is 4.67. The second-order valence-electron chi connectivity index (χ2n) is 5.72. The Morgan fingerprint density at radius 1 is 1.40 bits per heavy atom. The molecule has 1 aliphatic rings. The van der Waals surface area contributed by atoms with Gasteiger partial charge in [-0.3, -0.25) is 4.79 Å². The first-order valence-electron chi connectivity index (χ1n) is 7.71. The summed E-state index contributed by atoms with van der Waals surface area (Å²) >= 11 is 0. The number of rotatable bonds is 7. The zero-order valence-corrected chi connectivity index (χ0v) is 12.0. The van der Waals surface area contributed by atoms with Gasteiger partial charge in [-0.15, -0.1) is 0 Å². The van der Waals surface area contributed by atoms with Crippen molar-refractivity contribution in [3.05, 3.63) is 24.2 Å². The van der Waals surface area contributed by atoms with Gasteiger partial charge in [-0.2, -0.15) is 0 Å². The summed E-state index contributed by atoms with van der Waals surface area (Å²) in [6.07, 6.45) is 11.3. The number of nitrogens with one attached hydrogen (secondary N) is 1. The molecular weight excluding hydrogens is 254 g/mol. The molecule has 1 amide bonds. The molecule has 1 saturated carbocycles. The van der Waals surface area contributed by atoms with Gasteiger partial charge in [0.05, 0.1) is 12.5 Å². The van der Waals surface area contributed by atoms with Crippen LogP contribution < -0.4 is 5.32 Å². The Labute approximate surface area is 120 Å². The lowest BCUT2D eigenvalue weighted by Crippen LogP contribution is -2.41. The summed E-state index contributed by atoms with van der Waals surface area (Å²) in [6, 6.07) is 2.02. The summed E-state index contributed by atoms with van der Waals surface area (Å²) in [5.74, 6) is 0.615. The molecule has 2 rings (SSSR count). The number of hydrogen-bond acceptors (Lipinski definition) is 3. The van der Waals surface area contributed by atoms with Crippen LogP contribution in [0.15, 0.2) is 23.0 Å². The van der Waals surface area contributed by atoms with Gasteiger partial charge < -0.3 is 14.8 Å². The third-order valence-corrected chi connectivity index (χ3v) is 4.23. The molecule has 1 aromatic heterocycles. The number of furan rings is 1. The van der Waals surface area contributed by atoms with Crippen LogP contribution in [0.25, 0.3) is 0 Å². The van der Waals surface area contributed by atoms with E-state index >= 15 is 0 Å². The van der Waals surface area contributed by atoms with Crippen molar-refractivity contribution in [1.82, 2.24) is 5.32 Å². The van der Waals surface area contributed by atoms with E-state index < -0.39 is 0 Å². The number of hydrogen-bond donors (Lipinski definition) is 2. The molecule has 0 spiro atoms. The Kier molecular flexibility index (Phi) is 6.12. The predicted molar refractivity (Wildman–Crippen MR) is 77.2 cm³/mol. The van der Waals surface area contributed by atoms with E-state index in [2.05, 4.69) is 5.32 Å². The minimum atomic E-state index is 0.0789. The molecule has 4 nitrogen and oxygen atoms in total. The van der Waals surface area contributed by atoms with Crippen LogP contribution in [0.3, 0.4) is 0 Å². The second kappa shape index (κ2) is 8.10. The van der Waals surface area contributed by atoms with Gasteiger partial charge in [-0.05, 0) is 43.2 Å². The molecule has 0 radical (unpaired) electrons. The summed E-state index contributed by atoms with van der Waals surface area (Å²) in [4.78, 5) is 12.0. The molecule has 0 bridgehead atoms. The maximum absolute atomic E-state index is 12.0. The highest BCUT2D eigenvalue weighted by molar-refractivity contribution is 5.76. The van der Waals surface area contributed by atoms with Gasteiger partial charge in [0.25, 0.3) is 0 Å². The normalized spacial score (nSPS) is 17.9. The van der Waals surface area contributed by atoms with E-state index in [0.717, 1.165) is 5.56 Å². The minimum absolute atomic E-state index is 0.0789. The lowest BCUT2D eigenvalue weighted by molar-refractivity contribution is -0.122. The molecule has 1 aliphatic carbocycles. The van der Waals surface area contributed by atoms with E-state index in [1.54, 1.807) is 12.5 Å². The maximum atomic E-state index is 12.0. The maximum Gasteiger partial charge on any atom is 0.220 e. The molecular formula is C16H25NO3. The van der Waals surface area contributed by atoms with Gasteiger partial charge in [0.2, 0.25) is 5.91 Å². The molecule has 1 fully saturated rings. The van der Waals surface area contributed by atoms with Crippen molar-refractivity contribution in [2.24, 2.45) is 5.92 Å². The Hall–Kier alpha value is -1.29. The topological polar surface area (TPSA) is 62.5 Å². The third-order valence-electron chi connectivity index (χ3n) is 4.23. The SMILES string of the molecule is O=C(CCc1ccoc1)NC(CCO)C1CCCCC1. The van der Waals surface area contributed by atoms with Crippen molar-refractivity contribution in [3.63, 3.8) is 0 Å². The van der Waals surface area contributed by atoms with Crippen molar-refractivity contribution in [2.75, 3.05) is 6.61 Å². The van der Waals surface area contributed by atoms with Gasteiger partial charge in [-0.25, -0.2) is 0 Å². The lowest BCUT2D eigenvalue weighted by atomic mass is 9.82. The molecule has 1 heterocycles. The van der Waals surface area contributed by atoms with Crippen molar-refractivity contribution in [3.8, 4) is 0 Å². The van der Waals surface area contributed by atoms with Crippen molar-refractivity contribution < 1.29 is 14.3 Å². The fraction of sp³-hybridized carbons (Fsp3) is 0.688. The van der Waals surface area contributed by atoms with Gasteiger partial charge >= 0.3 is 0 Å².